The minimum atomic E-state index is -0.705. The number of benzene rings is 2. The Balaban J connectivity index is 2.04. The van der Waals surface area contributed by atoms with E-state index in [1.54, 1.807) is 18.2 Å². The number of nitrogens with two attached hydrogens (primary N) is 1. The van der Waals surface area contributed by atoms with E-state index in [1.807, 2.05) is 6.07 Å². The van der Waals surface area contributed by atoms with Gasteiger partial charge in [0.05, 0.1) is 16.8 Å². The maximum absolute atomic E-state index is 12.3. The minimum absolute atomic E-state index is 0.115. The summed E-state index contributed by atoms with van der Waals surface area (Å²) in [6.45, 7) is 1.55. The van der Waals surface area contributed by atoms with Gasteiger partial charge < -0.3 is 10.6 Å². The molecule has 0 saturated carbocycles. The summed E-state index contributed by atoms with van der Waals surface area (Å²) < 4.78 is 0.752. The molecular formula is C16H14BrN3O3. The third kappa shape index (κ3) is 2.00. The Morgan fingerprint density at radius 2 is 1.96 bits per heavy atom. The summed E-state index contributed by atoms with van der Waals surface area (Å²) in [5, 5.41) is 11.3. The second-order valence-corrected chi connectivity index (χ2v) is 6.75. The highest BCUT2D eigenvalue weighted by Gasteiger charge is 2.34. The van der Waals surface area contributed by atoms with Crippen molar-refractivity contribution in [1.29, 1.82) is 0 Å². The zero-order chi connectivity index (χ0) is 16.3. The molecule has 0 spiro atoms. The number of hydrogen-bond acceptors (Lipinski definition) is 5. The van der Waals surface area contributed by atoms with Gasteiger partial charge in [-0.1, -0.05) is 12.1 Å². The minimum Gasteiger partial charge on any atom is -0.369 e. The number of halogens is 1. The first kappa shape index (κ1) is 14.6. The predicted molar refractivity (Wildman–Crippen MR) is 88.7 cm³/mol. The number of carbonyl (C=O) groups excluding carboxylic acids is 2. The smallest absolute Gasteiger partial charge is 0.285 e. The van der Waals surface area contributed by atoms with E-state index in [2.05, 4.69) is 20.8 Å². The molecule has 2 amide bonds. The number of nitrogens with zero attached hydrogens (tertiary/aromatic N) is 2. The number of anilines is 1. The Bertz CT molecular complexity index is 867. The van der Waals surface area contributed by atoms with Gasteiger partial charge in [0.2, 0.25) is 0 Å². The van der Waals surface area contributed by atoms with E-state index < -0.39 is 11.8 Å². The fraction of sp³-hybridized carbons (Fsp3) is 0.250. The molecule has 2 aromatic carbocycles. The van der Waals surface area contributed by atoms with Gasteiger partial charge in [-0.3, -0.25) is 14.8 Å². The maximum atomic E-state index is 12.3. The summed E-state index contributed by atoms with van der Waals surface area (Å²) in [4.78, 5) is 26.6. The third-order valence-electron chi connectivity index (χ3n) is 4.47. The number of amides is 2. The van der Waals surface area contributed by atoms with Crippen LogP contribution >= 0.6 is 15.9 Å². The van der Waals surface area contributed by atoms with Gasteiger partial charge in [0.25, 0.3) is 11.8 Å². The molecule has 0 aromatic heterocycles. The molecule has 3 N–H and O–H groups in total. The molecular weight excluding hydrogens is 362 g/mol. The van der Waals surface area contributed by atoms with Gasteiger partial charge in [0.1, 0.15) is 0 Å². The molecule has 1 unspecified atom stereocenters. The lowest BCUT2D eigenvalue weighted by molar-refractivity contribution is -0.0377. The molecule has 23 heavy (non-hydrogen) atoms. The first-order valence-corrected chi connectivity index (χ1v) is 8.11. The highest BCUT2D eigenvalue weighted by atomic mass is 79.9. The van der Waals surface area contributed by atoms with E-state index >= 15 is 0 Å². The molecule has 118 valence electrons. The van der Waals surface area contributed by atoms with Crippen LogP contribution in [0.4, 0.5) is 5.69 Å². The molecule has 2 aliphatic heterocycles. The summed E-state index contributed by atoms with van der Waals surface area (Å²) >= 11 is 3.53. The molecule has 4 rings (SSSR count). The maximum Gasteiger partial charge on any atom is 0.285 e. The molecule has 0 bridgehead atoms. The Morgan fingerprint density at radius 3 is 2.65 bits per heavy atom. The van der Waals surface area contributed by atoms with Crippen molar-refractivity contribution < 1.29 is 14.8 Å². The van der Waals surface area contributed by atoms with Gasteiger partial charge in [-0.25, -0.2) is 0 Å². The molecule has 2 aromatic rings. The summed E-state index contributed by atoms with van der Waals surface area (Å²) in [6.07, 6.45) is 0.900. The third-order valence-corrected chi connectivity index (χ3v) is 5.08. The van der Waals surface area contributed by atoms with E-state index in [0.717, 1.165) is 35.1 Å². The van der Waals surface area contributed by atoms with Gasteiger partial charge in [-0.15, -0.1) is 5.06 Å². The van der Waals surface area contributed by atoms with Crippen molar-refractivity contribution >= 4 is 44.2 Å². The van der Waals surface area contributed by atoms with Gasteiger partial charge in [-0.2, -0.15) is 0 Å². The van der Waals surface area contributed by atoms with Gasteiger partial charge >= 0.3 is 0 Å². The van der Waals surface area contributed by atoms with Crippen LogP contribution in [0.15, 0.2) is 28.7 Å². The first-order valence-electron chi connectivity index (χ1n) is 7.32. The van der Waals surface area contributed by atoms with Gasteiger partial charge in [0, 0.05) is 34.4 Å². The van der Waals surface area contributed by atoms with Crippen molar-refractivity contribution in [2.24, 2.45) is 5.73 Å². The molecule has 6 nitrogen and oxygen atoms in total. The molecule has 1 saturated heterocycles. The lowest BCUT2D eigenvalue weighted by Gasteiger charge is -2.27. The topological polar surface area (TPSA) is 86.9 Å². The highest BCUT2D eigenvalue weighted by Crippen LogP contribution is 2.41. The molecule has 2 aliphatic rings. The van der Waals surface area contributed by atoms with Crippen LogP contribution in [0.3, 0.4) is 0 Å². The van der Waals surface area contributed by atoms with E-state index in [9.17, 15) is 14.8 Å². The number of hydroxylamine groups is 2. The van der Waals surface area contributed by atoms with E-state index in [-0.39, 0.29) is 11.1 Å². The van der Waals surface area contributed by atoms with Crippen LogP contribution in [-0.4, -0.2) is 41.2 Å². The van der Waals surface area contributed by atoms with Crippen molar-refractivity contribution in [3.8, 4) is 0 Å². The fourth-order valence-electron chi connectivity index (χ4n) is 3.41. The molecule has 1 fully saturated rings. The molecule has 1 atom stereocenters. The zero-order valence-electron chi connectivity index (χ0n) is 12.1. The second-order valence-electron chi connectivity index (χ2n) is 5.90. The van der Waals surface area contributed by atoms with Crippen molar-refractivity contribution in [2.75, 3.05) is 18.0 Å². The van der Waals surface area contributed by atoms with Gasteiger partial charge in [0.15, 0.2) is 0 Å². The Kier molecular flexibility index (Phi) is 3.19. The standard InChI is InChI=1S/C16H14BrN3O3/c17-12-6-11-13-9(14(12)19-5-4-8(18)7-19)2-1-3-10(13)15(21)20(23)16(11)22/h1-3,6,8,23H,4-5,7,18H2. The Hall–Kier alpha value is -1.96. The van der Waals surface area contributed by atoms with E-state index in [0.29, 0.717) is 16.5 Å². The van der Waals surface area contributed by atoms with E-state index in [1.165, 1.54) is 0 Å². The predicted octanol–water partition coefficient (Wildman–Crippen LogP) is 2.12. The highest BCUT2D eigenvalue weighted by molar-refractivity contribution is 9.10. The van der Waals surface area contributed by atoms with Crippen molar-refractivity contribution in [1.82, 2.24) is 5.06 Å². The van der Waals surface area contributed by atoms with Crippen LogP contribution < -0.4 is 10.6 Å². The number of imide groups is 1. The number of hydrogen-bond donors (Lipinski definition) is 2. The van der Waals surface area contributed by atoms with Crippen LogP contribution in [0.25, 0.3) is 10.8 Å². The average molecular weight is 376 g/mol. The summed E-state index contributed by atoms with van der Waals surface area (Å²) in [7, 11) is 0. The monoisotopic (exact) mass is 375 g/mol. The van der Waals surface area contributed by atoms with Crippen molar-refractivity contribution in [2.45, 2.75) is 12.5 Å². The average Bonchev–Trinajstić information content (AvgIpc) is 2.96. The summed E-state index contributed by atoms with van der Waals surface area (Å²) in [5.74, 6) is -1.40. The molecule has 7 heteroatoms. The van der Waals surface area contributed by atoms with Crippen LogP contribution in [0.1, 0.15) is 27.1 Å². The number of rotatable bonds is 1. The quantitative estimate of drug-likeness (QED) is 0.588. The lowest BCUT2D eigenvalue weighted by Crippen LogP contribution is -2.37. The Labute approximate surface area is 140 Å². The summed E-state index contributed by atoms with van der Waals surface area (Å²) in [5.41, 5.74) is 7.59. The normalized spacial score (nSPS) is 20.7. The lowest BCUT2D eigenvalue weighted by atomic mass is 9.93. The SMILES string of the molecule is NC1CCN(c2c(Br)cc3c4c(cccc24)C(=O)N(O)C3=O)C1. The van der Waals surface area contributed by atoms with E-state index in [4.69, 9.17) is 5.73 Å². The van der Waals surface area contributed by atoms with Crippen LogP contribution in [0, 0.1) is 0 Å². The zero-order valence-corrected chi connectivity index (χ0v) is 13.7. The fourth-order valence-corrected chi connectivity index (χ4v) is 4.11. The second kappa shape index (κ2) is 5.02. The first-order chi connectivity index (χ1) is 11.0. The Morgan fingerprint density at radius 1 is 1.22 bits per heavy atom. The largest absolute Gasteiger partial charge is 0.369 e. The molecule has 0 aliphatic carbocycles. The molecule has 0 radical (unpaired) electrons. The van der Waals surface area contributed by atoms with Crippen LogP contribution in [0.5, 0.6) is 0 Å². The number of carbonyl (C=O) groups is 2. The van der Waals surface area contributed by atoms with Gasteiger partial charge in [-0.05, 0) is 34.5 Å². The van der Waals surface area contributed by atoms with Crippen molar-refractivity contribution in [3.05, 3.63) is 39.9 Å². The van der Waals surface area contributed by atoms with Crippen LogP contribution in [-0.2, 0) is 0 Å². The summed E-state index contributed by atoms with van der Waals surface area (Å²) in [6, 6.07) is 7.05. The van der Waals surface area contributed by atoms with Crippen LogP contribution in [0.2, 0.25) is 0 Å². The van der Waals surface area contributed by atoms with Crippen molar-refractivity contribution in [3.63, 3.8) is 0 Å². The molecule has 2 heterocycles.